The van der Waals surface area contributed by atoms with E-state index in [-0.39, 0.29) is 18.2 Å². The Kier molecular flexibility index (Phi) is 5.41. The maximum absolute atomic E-state index is 12.0. The first-order valence-electron chi connectivity index (χ1n) is 6.19. The van der Waals surface area contributed by atoms with Gasteiger partial charge in [0.25, 0.3) is 0 Å². The van der Waals surface area contributed by atoms with Gasteiger partial charge in [-0.05, 0) is 25.8 Å². The average molecular weight is 242 g/mol. The number of hydrogen-bond acceptors (Lipinski definition) is 3. The summed E-state index contributed by atoms with van der Waals surface area (Å²) in [6.07, 6.45) is 1.82. The molecule has 0 radical (unpaired) electrons. The van der Waals surface area contributed by atoms with Crippen LogP contribution in [0, 0.1) is 11.8 Å². The Labute approximate surface area is 102 Å². The van der Waals surface area contributed by atoms with E-state index < -0.39 is 5.97 Å². The van der Waals surface area contributed by atoms with Crippen LogP contribution in [-0.2, 0) is 9.59 Å². The lowest BCUT2D eigenvalue weighted by Gasteiger charge is -2.20. The minimum absolute atomic E-state index is 0.00164. The number of carbonyl (C=O) groups is 2. The van der Waals surface area contributed by atoms with Gasteiger partial charge in [-0.25, -0.2) is 0 Å². The summed E-state index contributed by atoms with van der Waals surface area (Å²) in [6.45, 7) is 4.11. The predicted molar refractivity (Wildman–Crippen MR) is 64.6 cm³/mol. The van der Waals surface area contributed by atoms with Gasteiger partial charge in [0.1, 0.15) is 0 Å². The van der Waals surface area contributed by atoms with Crippen molar-refractivity contribution in [2.45, 2.75) is 26.2 Å². The van der Waals surface area contributed by atoms with E-state index in [1.165, 1.54) is 0 Å². The third kappa shape index (κ3) is 4.34. The van der Waals surface area contributed by atoms with Gasteiger partial charge in [0.2, 0.25) is 5.91 Å². The van der Waals surface area contributed by atoms with Gasteiger partial charge >= 0.3 is 5.97 Å². The van der Waals surface area contributed by atoms with Gasteiger partial charge in [-0.2, -0.15) is 0 Å². The first-order valence-corrected chi connectivity index (χ1v) is 6.19. The minimum atomic E-state index is -0.752. The highest BCUT2D eigenvalue weighted by molar-refractivity contribution is 5.79. The number of nitrogens with zero attached hydrogens (tertiary/aromatic N) is 1. The maximum atomic E-state index is 12.0. The largest absolute Gasteiger partial charge is 0.481 e. The molecule has 98 valence electrons. The number of hydrogen-bond donors (Lipinski definition) is 2. The fourth-order valence-electron chi connectivity index (χ4n) is 2.30. The Morgan fingerprint density at radius 2 is 2.24 bits per heavy atom. The molecule has 5 heteroatoms. The molecule has 1 saturated heterocycles. The van der Waals surface area contributed by atoms with Gasteiger partial charge in [-0.15, -0.1) is 0 Å². The molecule has 0 bridgehead atoms. The molecule has 0 aromatic carbocycles. The number of nitrogens with one attached hydrogen (secondary N) is 1. The smallest absolute Gasteiger partial charge is 0.303 e. The molecule has 1 amide bonds. The molecule has 0 spiro atoms. The minimum Gasteiger partial charge on any atom is -0.481 e. The zero-order valence-electron chi connectivity index (χ0n) is 10.6. The third-order valence-electron chi connectivity index (χ3n) is 3.30. The third-order valence-corrected chi connectivity index (χ3v) is 3.30. The van der Waals surface area contributed by atoms with Crippen LogP contribution in [0.4, 0.5) is 0 Å². The molecular weight excluding hydrogens is 220 g/mol. The van der Waals surface area contributed by atoms with Crippen molar-refractivity contribution in [3.05, 3.63) is 0 Å². The second-order valence-electron chi connectivity index (χ2n) is 4.83. The average Bonchev–Trinajstić information content (AvgIpc) is 2.74. The normalized spacial score (nSPS) is 21.5. The predicted octanol–water partition coefficient (Wildman–Crippen LogP) is 0.555. The molecule has 2 unspecified atom stereocenters. The molecule has 2 atom stereocenters. The van der Waals surface area contributed by atoms with Crippen molar-refractivity contribution >= 4 is 11.9 Å². The Hall–Kier alpha value is -1.10. The summed E-state index contributed by atoms with van der Waals surface area (Å²) < 4.78 is 0. The number of carboxylic acid groups (broad SMARTS) is 1. The van der Waals surface area contributed by atoms with Gasteiger partial charge in [0.05, 0.1) is 0 Å². The highest BCUT2D eigenvalue weighted by Gasteiger charge is 2.28. The van der Waals surface area contributed by atoms with Crippen LogP contribution in [-0.4, -0.2) is 48.6 Å². The molecule has 0 saturated carbocycles. The van der Waals surface area contributed by atoms with Gasteiger partial charge in [-0.3, -0.25) is 9.59 Å². The lowest BCUT2D eigenvalue weighted by atomic mass is 10.0. The molecule has 17 heavy (non-hydrogen) atoms. The van der Waals surface area contributed by atoms with Crippen LogP contribution in [0.2, 0.25) is 0 Å². The lowest BCUT2D eigenvalue weighted by Crippen LogP contribution is -2.37. The number of carbonyl (C=O) groups excluding carboxylic acids is 1. The van der Waals surface area contributed by atoms with Gasteiger partial charge in [-0.1, -0.05) is 6.92 Å². The summed E-state index contributed by atoms with van der Waals surface area (Å²) in [5.41, 5.74) is 0. The van der Waals surface area contributed by atoms with Crippen molar-refractivity contribution in [2.24, 2.45) is 11.8 Å². The van der Waals surface area contributed by atoms with Crippen molar-refractivity contribution in [3.8, 4) is 0 Å². The molecule has 0 aromatic heterocycles. The summed E-state index contributed by atoms with van der Waals surface area (Å²) in [7, 11) is 1.84. The van der Waals surface area contributed by atoms with E-state index >= 15 is 0 Å². The van der Waals surface area contributed by atoms with Crippen LogP contribution in [0.5, 0.6) is 0 Å². The highest BCUT2D eigenvalue weighted by atomic mass is 16.4. The quantitative estimate of drug-likeness (QED) is 0.714. The molecule has 1 aliphatic rings. The van der Waals surface area contributed by atoms with E-state index in [2.05, 4.69) is 5.32 Å². The number of likely N-dealkylation sites (tertiary alicyclic amines) is 1. The number of rotatable bonds is 6. The van der Waals surface area contributed by atoms with Crippen molar-refractivity contribution in [1.29, 1.82) is 0 Å². The lowest BCUT2D eigenvalue weighted by molar-refractivity contribution is -0.137. The van der Waals surface area contributed by atoms with Crippen molar-refractivity contribution < 1.29 is 14.7 Å². The zero-order valence-corrected chi connectivity index (χ0v) is 10.6. The van der Waals surface area contributed by atoms with E-state index in [9.17, 15) is 9.59 Å². The number of amides is 1. The number of aliphatic carboxylic acids is 1. The van der Waals surface area contributed by atoms with Crippen LogP contribution in [0.15, 0.2) is 0 Å². The molecular formula is C12H22N2O3. The molecule has 0 aliphatic carbocycles. The van der Waals surface area contributed by atoms with Crippen molar-refractivity contribution in [3.63, 3.8) is 0 Å². The Bertz CT molecular complexity index is 281. The second kappa shape index (κ2) is 6.59. The standard InChI is InChI=1S/C12H22N2O3/c1-9(7-13-2)12(17)14-6-5-10(8-14)3-4-11(15)16/h9-10,13H,3-8H2,1-2H3,(H,15,16). The molecule has 5 nitrogen and oxygen atoms in total. The van der Waals surface area contributed by atoms with E-state index in [4.69, 9.17) is 5.11 Å². The van der Waals surface area contributed by atoms with Gasteiger partial charge < -0.3 is 15.3 Å². The van der Waals surface area contributed by atoms with Crippen molar-refractivity contribution in [1.82, 2.24) is 10.2 Å². The molecule has 2 N–H and O–H groups in total. The van der Waals surface area contributed by atoms with Crippen LogP contribution in [0.1, 0.15) is 26.2 Å². The van der Waals surface area contributed by atoms with Crippen LogP contribution in [0.25, 0.3) is 0 Å². The number of carboxylic acids is 1. The molecule has 0 aromatic rings. The SMILES string of the molecule is CNCC(C)C(=O)N1CCC(CCC(=O)O)C1. The molecule has 1 aliphatic heterocycles. The summed E-state index contributed by atoms with van der Waals surface area (Å²) in [5, 5.41) is 11.6. The Morgan fingerprint density at radius 3 is 2.82 bits per heavy atom. The molecule has 1 fully saturated rings. The van der Waals surface area contributed by atoms with Crippen LogP contribution < -0.4 is 5.32 Å². The zero-order chi connectivity index (χ0) is 12.8. The highest BCUT2D eigenvalue weighted by Crippen LogP contribution is 2.22. The van der Waals surface area contributed by atoms with Gasteiger partial charge in [0, 0.05) is 32.0 Å². The van der Waals surface area contributed by atoms with E-state index in [0.29, 0.717) is 18.9 Å². The first kappa shape index (κ1) is 14.0. The fraction of sp³-hybridized carbons (Fsp3) is 0.833. The van der Waals surface area contributed by atoms with Crippen molar-refractivity contribution in [2.75, 3.05) is 26.7 Å². The summed E-state index contributed by atoms with van der Waals surface area (Å²) >= 11 is 0. The van der Waals surface area contributed by atoms with Crippen LogP contribution in [0.3, 0.4) is 0 Å². The Balaban J connectivity index is 2.34. The maximum Gasteiger partial charge on any atom is 0.303 e. The van der Waals surface area contributed by atoms with E-state index in [1.807, 2.05) is 18.9 Å². The first-order chi connectivity index (χ1) is 8.04. The Morgan fingerprint density at radius 1 is 1.53 bits per heavy atom. The van der Waals surface area contributed by atoms with Crippen LogP contribution >= 0.6 is 0 Å². The van der Waals surface area contributed by atoms with E-state index in [1.54, 1.807) is 0 Å². The van der Waals surface area contributed by atoms with E-state index in [0.717, 1.165) is 19.5 Å². The topological polar surface area (TPSA) is 69.6 Å². The molecule has 1 heterocycles. The fourth-order valence-corrected chi connectivity index (χ4v) is 2.30. The summed E-state index contributed by atoms with van der Waals surface area (Å²) in [6, 6.07) is 0. The summed E-state index contributed by atoms with van der Waals surface area (Å²) in [4.78, 5) is 24.3. The summed E-state index contributed by atoms with van der Waals surface area (Å²) in [5.74, 6) is -0.217. The van der Waals surface area contributed by atoms with Gasteiger partial charge in [0.15, 0.2) is 0 Å². The second-order valence-corrected chi connectivity index (χ2v) is 4.83. The molecule has 1 rings (SSSR count). The monoisotopic (exact) mass is 242 g/mol.